The Labute approximate surface area is 842 Å². The lowest BCUT2D eigenvalue weighted by Crippen LogP contribution is -2.40. The van der Waals surface area contributed by atoms with Gasteiger partial charge in [0, 0.05) is 112 Å². The van der Waals surface area contributed by atoms with Gasteiger partial charge in [0.1, 0.15) is 76.4 Å². The molecule has 0 bridgehead atoms. The molecular weight excluding hydrogens is 2200 g/mol. The van der Waals surface area contributed by atoms with Crippen LogP contribution < -0.4 is 16.0 Å². The van der Waals surface area contributed by atoms with Crippen LogP contribution >= 0.6 is 125 Å². The average Bonchev–Trinajstić information content (AvgIpc) is 1.66. The van der Waals surface area contributed by atoms with Crippen LogP contribution in [-0.4, -0.2) is 172 Å². The molecule has 13 rings (SSSR count). The molecule has 0 saturated carbocycles. The molecule has 32 nitrogen and oxygen atoms in total. The first-order valence-corrected chi connectivity index (χ1v) is 49.6. The number of allylic oxidation sites excluding steroid dienone is 4. The number of carboxylic acid groups (broad SMARTS) is 2. The molecule has 4 unspecified atom stereocenters. The highest BCUT2D eigenvalue weighted by molar-refractivity contribution is 9.11. The van der Waals surface area contributed by atoms with Crippen molar-refractivity contribution in [3.05, 3.63) is 248 Å². The molecule has 137 heavy (non-hydrogen) atoms. The van der Waals surface area contributed by atoms with Crippen LogP contribution in [0.4, 0.5) is 17.6 Å². The number of nitrogens with one attached hydrogen (secondary N) is 3. The molecule has 4 aromatic carbocycles. The van der Waals surface area contributed by atoms with E-state index < -0.39 is 130 Å². The van der Waals surface area contributed by atoms with Crippen LogP contribution in [0.25, 0.3) is 0 Å². The van der Waals surface area contributed by atoms with Gasteiger partial charge >= 0.3 is 53.7 Å². The van der Waals surface area contributed by atoms with Gasteiger partial charge < -0.3 is 59.3 Å². The molecular formula is C92H93Br5F4N12O20S4. The van der Waals surface area contributed by atoms with E-state index in [-0.39, 0.29) is 91.6 Å². The van der Waals surface area contributed by atoms with Crippen LogP contribution in [0.1, 0.15) is 195 Å². The zero-order valence-electron chi connectivity index (χ0n) is 75.9. The van der Waals surface area contributed by atoms with Crippen molar-refractivity contribution in [3.8, 4) is 0 Å². The first kappa shape index (κ1) is 110. The summed E-state index contributed by atoms with van der Waals surface area (Å²) >= 11 is 22.2. The minimum Gasteiger partial charge on any atom is -0.481 e. The molecule has 0 spiro atoms. The van der Waals surface area contributed by atoms with Crippen molar-refractivity contribution in [2.75, 3.05) is 31.8 Å². The fraction of sp³-hybridized carbons (Fsp3) is 0.359. The molecule has 4 aromatic heterocycles. The largest absolute Gasteiger partial charge is 0.481 e. The fourth-order valence-corrected chi connectivity index (χ4v) is 18.5. The summed E-state index contributed by atoms with van der Waals surface area (Å²) in [4.78, 5) is 173. The topological polar surface area (TPSA) is 433 Å². The Morgan fingerprint density at radius 2 is 0.752 bits per heavy atom. The zero-order chi connectivity index (χ0) is 101. The van der Waals surface area contributed by atoms with Gasteiger partial charge in [0.15, 0.2) is 55.2 Å². The maximum Gasteiger partial charge on any atom is 0.338 e. The molecule has 5 aliphatic rings. The summed E-state index contributed by atoms with van der Waals surface area (Å²) in [5.41, 5.74) is 2.05. The van der Waals surface area contributed by atoms with Crippen LogP contribution in [-0.2, 0) is 85.9 Å². The molecule has 728 valence electrons. The van der Waals surface area contributed by atoms with Gasteiger partial charge in [-0.3, -0.25) is 58.4 Å². The summed E-state index contributed by atoms with van der Waals surface area (Å²) in [7, 11) is 0. The second-order valence-corrected chi connectivity index (χ2v) is 39.9. The summed E-state index contributed by atoms with van der Waals surface area (Å²) in [5, 5.41) is 37.6. The number of hydrogen-bond donors (Lipinski definition) is 5. The molecule has 5 N–H and O–H groups in total. The second-order valence-electron chi connectivity index (χ2n) is 32.4. The minimum atomic E-state index is -1.82. The van der Waals surface area contributed by atoms with E-state index in [1.165, 1.54) is 124 Å². The number of fused-ring (bicyclic) bond motifs is 1. The normalized spacial score (nSPS) is 16.3. The van der Waals surface area contributed by atoms with Crippen molar-refractivity contribution in [1.29, 1.82) is 0 Å². The number of esters is 7. The van der Waals surface area contributed by atoms with Crippen LogP contribution in [0.15, 0.2) is 202 Å². The number of aliphatic imine (C=N–C) groups is 4. The number of aliphatic carboxylic acids is 2. The van der Waals surface area contributed by atoms with E-state index in [1.807, 2.05) is 5.38 Å². The quantitative estimate of drug-likeness (QED) is 0.0105. The van der Waals surface area contributed by atoms with E-state index >= 15 is 0 Å². The van der Waals surface area contributed by atoms with Crippen LogP contribution in [0.3, 0.4) is 0 Å². The third-order valence-electron chi connectivity index (χ3n) is 18.8. The molecule has 45 heteroatoms. The fourth-order valence-electron chi connectivity index (χ4n) is 13.4. The maximum absolute atomic E-state index is 14.0. The summed E-state index contributed by atoms with van der Waals surface area (Å²) in [6, 6.07) is 13.0. The summed E-state index contributed by atoms with van der Waals surface area (Å²) in [5.74, 6) is -11.5. The lowest BCUT2D eigenvalue weighted by atomic mass is 9.91. The smallest absolute Gasteiger partial charge is 0.338 e. The number of thiazole rings is 4. The van der Waals surface area contributed by atoms with E-state index in [0.717, 1.165) is 0 Å². The number of carboxylic acids is 2. The number of alkyl halides is 1. The van der Waals surface area contributed by atoms with Crippen molar-refractivity contribution < 1.29 is 114 Å². The SMILES string of the molecule is CC(=O)CC(=O)OC(C)(C)C.CCOC(=O)C1=C(CBr)NC(c2nccs2)=NC1c1ccc(F)cc1Br.CCOC(=O)C1=C(CC(C(=O)O)C(=O)O)NC(c2nccs2)=NC1c1ccc(F)cc1Br.CCOC(=O)C1=C(CC(C(=O)OC(C)(C)C)C(=O)OC(C)(C)C)NC(c2nccs2)=NC1c1ccc(F)cc1Br.CCOC(=O)C1=C2CCC(=O)N2C(c2nccs2)=NC1c1ccc(F)cc1Br. The van der Waals surface area contributed by atoms with Gasteiger partial charge in [0.2, 0.25) is 5.91 Å². The molecule has 0 aliphatic carbocycles. The average molecular weight is 2290 g/mol. The summed E-state index contributed by atoms with van der Waals surface area (Å²) in [6.07, 6.45) is 6.21. The second kappa shape index (κ2) is 49.5. The van der Waals surface area contributed by atoms with Gasteiger partial charge in [0.05, 0.1) is 48.7 Å². The number of carbonyl (C=O) groups excluding carboxylic acids is 9. The number of Topliss-reactive ketones (excluding diaryl/α,β-unsaturated/α-hetero) is 1. The molecule has 9 heterocycles. The molecule has 1 saturated heterocycles. The highest BCUT2D eigenvalue weighted by Crippen LogP contribution is 2.46. The summed E-state index contributed by atoms with van der Waals surface area (Å²) < 4.78 is 93.6. The first-order chi connectivity index (χ1) is 64.7. The van der Waals surface area contributed by atoms with Gasteiger partial charge in [-0.2, -0.15) is 0 Å². The predicted molar refractivity (Wildman–Crippen MR) is 520 cm³/mol. The Balaban J connectivity index is 0.000000199. The molecule has 8 aromatic rings. The van der Waals surface area contributed by atoms with Crippen LogP contribution in [0.5, 0.6) is 0 Å². The lowest BCUT2D eigenvalue weighted by Gasteiger charge is -2.30. The molecule has 4 atom stereocenters. The number of ether oxygens (including phenoxy) is 7. The highest BCUT2D eigenvalue weighted by atomic mass is 79.9. The minimum absolute atomic E-state index is 0.0251. The zero-order valence-corrected chi connectivity index (χ0v) is 87.1. The number of hydrogen-bond acceptors (Lipinski definition) is 33. The number of halogens is 9. The molecule has 1 fully saturated rings. The number of ketones is 1. The number of rotatable bonds is 27. The van der Waals surface area contributed by atoms with E-state index in [4.69, 9.17) is 43.1 Å². The third kappa shape index (κ3) is 30.0. The van der Waals surface area contributed by atoms with E-state index in [1.54, 1.807) is 137 Å². The Kier molecular flexibility index (Phi) is 39.6. The number of amides is 1. The third-order valence-corrected chi connectivity index (χ3v) is 25.2. The number of carbonyl (C=O) groups is 11. The van der Waals surface area contributed by atoms with Crippen LogP contribution in [0.2, 0.25) is 0 Å². The Morgan fingerprint density at radius 3 is 1.04 bits per heavy atom. The maximum atomic E-state index is 14.0. The first-order valence-electron chi connectivity index (χ1n) is 41.8. The number of benzene rings is 4. The number of aromatic nitrogens is 4. The molecule has 1 amide bonds. The van der Waals surface area contributed by atoms with Crippen molar-refractivity contribution in [3.63, 3.8) is 0 Å². The molecule has 5 aliphatic heterocycles. The Hall–Kier alpha value is -11.1. The highest BCUT2D eigenvalue weighted by Gasteiger charge is 2.46. The van der Waals surface area contributed by atoms with E-state index in [0.29, 0.717) is 112 Å². The predicted octanol–water partition coefficient (Wildman–Crippen LogP) is 18.4. The van der Waals surface area contributed by atoms with E-state index in [2.05, 4.69) is 126 Å². The summed E-state index contributed by atoms with van der Waals surface area (Å²) in [6.45, 7) is 24.1. The monoisotopic (exact) mass is 2280 g/mol. The number of nitrogens with zero attached hydrogens (tertiary/aromatic N) is 9. The van der Waals surface area contributed by atoms with Crippen molar-refractivity contribution in [2.45, 2.75) is 170 Å². The van der Waals surface area contributed by atoms with Gasteiger partial charge in [0.25, 0.3) is 0 Å². The molecule has 0 radical (unpaired) electrons. The van der Waals surface area contributed by atoms with Gasteiger partial charge in [-0.1, -0.05) is 104 Å². The van der Waals surface area contributed by atoms with Crippen molar-refractivity contribution >= 4 is 214 Å². The number of amidine groups is 4. The Bertz CT molecular complexity index is 6070. The van der Waals surface area contributed by atoms with Crippen molar-refractivity contribution in [1.82, 2.24) is 40.8 Å². The Morgan fingerprint density at radius 1 is 0.445 bits per heavy atom. The van der Waals surface area contributed by atoms with Crippen molar-refractivity contribution in [2.24, 2.45) is 31.8 Å². The standard InChI is InChI=1S/C28H33BrFN3O6S.C20H17BrFN3O6S.C19H15BrFN3O3S.C17H14Br2FN3O2S.C8H14O3/c1-8-37-26(36)20-19(14-17(24(34)38-27(2,3)4)25(35)39-28(5,6)7)32-22(23-31-11-12-40-23)33-21(20)16-10-9-15(30)13-18(16)29;1-2-31-20(30)14-13(8-11(18(26)27)19(28)29)24-16(17-23-5-6-32-17)25-15(14)10-4-3-9(22)7-12(10)21;1-2-27-19(26)15-13-5-6-14(25)24(13)17(18-22-7-8-28-18)23-16(15)11-4-3-10(21)9-12(11)20;1-2-25-17(24)13-12(8-18)22-15(16-21-5-6-26-16)23-14(13)10-4-3-9(20)7-11(10)19;1-6(9)5-7(10)11-8(2,3)4/h9-13,17,21H,8,14H2,1-7H3,(H,32,33);3-7,11,15H,2,8H2,1H3,(H,24,25)(H,26,27)(H,28,29);3-4,7-9,16H,2,5-6H2,1H3;3-7,14H,2,8H2,1H3,(H,22,23);5H2,1-4H3. The van der Waals surface area contributed by atoms with Crippen LogP contribution in [0, 0.1) is 35.1 Å². The van der Waals surface area contributed by atoms with E-state index in [9.17, 15) is 80.5 Å². The lowest BCUT2D eigenvalue weighted by molar-refractivity contribution is -0.175. The van der Waals surface area contributed by atoms with Gasteiger partial charge in [-0.05, 0) is 174 Å². The van der Waals surface area contributed by atoms with Gasteiger partial charge in [-0.25, -0.2) is 56.7 Å². The van der Waals surface area contributed by atoms with Gasteiger partial charge in [-0.15, -0.1) is 45.3 Å².